The number of ether oxygens (including phenoxy) is 2. The molecule has 1 unspecified atom stereocenters. The van der Waals surface area contributed by atoms with Gasteiger partial charge in [0.05, 0.1) is 23.1 Å². The van der Waals surface area contributed by atoms with Gasteiger partial charge in [-0.2, -0.15) is 0 Å². The van der Waals surface area contributed by atoms with E-state index in [1.165, 1.54) is 0 Å². The summed E-state index contributed by atoms with van der Waals surface area (Å²) in [6.07, 6.45) is 8.41. The van der Waals surface area contributed by atoms with Crippen LogP contribution in [0.25, 0.3) is 0 Å². The van der Waals surface area contributed by atoms with Gasteiger partial charge in [-0.15, -0.1) is 0 Å². The van der Waals surface area contributed by atoms with E-state index in [0.29, 0.717) is 23.8 Å². The lowest BCUT2D eigenvalue weighted by molar-refractivity contribution is -0.117. The number of ketones is 1. The monoisotopic (exact) mass is 316 g/mol. The zero-order valence-electron chi connectivity index (χ0n) is 13.7. The van der Waals surface area contributed by atoms with Gasteiger partial charge >= 0.3 is 0 Å². The minimum atomic E-state index is -0.129. The van der Waals surface area contributed by atoms with Crippen LogP contribution in [-0.2, 0) is 14.3 Å². The minimum absolute atomic E-state index is 0.0190. The normalized spacial score (nSPS) is 25.8. The van der Waals surface area contributed by atoms with E-state index in [1.807, 2.05) is 26.0 Å². The van der Waals surface area contributed by atoms with Crippen LogP contribution in [0.1, 0.15) is 33.1 Å². The van der Waals surface area contributed by atoms with Crippen molar-refractivity contribution >= 4 is 12.0 Å². The Bertz CT molecular complexity index is 593. The second kappa shape index (κ2) is 6.71. The number of carbonyl (C=O) groups excluding carboxylic acids is 1. The lowest BCUT2D eigenvalue weighted by atomic mass is 9.98. The van der Waals surface area contributed by atoms with Crippen molar-refractivity contribution in [1.29, 1.82) is 5.41 Å². The van der Waals surface area contributed by atoms with Crippen LogP contribution in [0, 0.1) is 17.2 Å². The highest BCUT2D eigenvalue weighted by molar-refractivity contribution is 6.14. The predicted molar refractivity (Wildman–Crippen MR) is 88.0 cm³/mol. The molecule has 3 aliphatic rings. The molecular weight excluding hydrogens is 292 g/mol. The Hall–Kier alpha value is -1.88. The Labute approximate surface area is 136 Å². The van der Waals surface area contributed by atoms with Crippen molar-refractivity contribution in [3.05, 3.63) is 34.9 Å². The molecule has 1 saturated heterocycles. The van der Waals surface area contributed by atoms with Crippen LogP contribution in [0.4, 0.5) is 0 Å². The van der Waals surface area contributed by atoms with Gasteiger partial charge in [-0.05, 0) is 25.0 Å². The summed E-state index contributed by atoms with van der Waals surface area (Å²) in [5, 5.41) is 10.9. The number of allylic oxidation sites excluding steroid dienone is 4. The molecule has 1 aliphatic carbocycles. The first-order valence-electron chi connectivity index (χ1n) is 8.32. The minimum Gasteiger partial charge on any atom is -0.489 e. The second-order valence-corrected chi connectivity index (χ2v) is 6.59. The fraction of sp³-hybridized carbons (Fsp3) is 0.556. The highest BCUT2D eigenvalue weighted by Gasteiger charge is 2.32. The van der Waals surface area contributed by atoms with Crippen LogP contribution in [0.15, 0.2) is 34.9 Å². The Morgan fingerprint density at radius 1 is 1.43 bits per heavy atom. The third-order valence-electron chi connectivity index (χ3n) is 4.36. The highest BCUT2D eigenvalue weighted by atomic mass is 16.5. The molecule has 2 N–H and O–H groups in total. The maximum absolute atomic E-state index is 12.3. The summed E-state index contributed by atoms with van der Waals surface area (Å²) in [5.74, 6) is 1.16. The molecule has 0 aromatic heterocycles. The topological polar surface area (TPSA) is 71.4 Å². The first-order chi connectivity index (χ1) is 11.1. The maximum Gasteiger partial charge on any atom is 0.169 e. The summed E-state index contributed by atoms with van der Waals surface area (Å²) in [5.41, 5.74) is 2.17. The maximum atomic E-state index is 12.3. The summed E-state index contributed by atoms with van der Waals surface area (Å²) in [4.78, 5) is 12.3. The number of dihydropyridines is 1. The summed E-state index contributed by atoms with van der Waals surface area (Å²) < 4.78 is 11.3. The van der Waals surface area contributed by atoms with Crippen molar-refractivity contribution in [2.45, 2.75) is 39.2 Å². The number of rotatable bonds is 7. The van der Waals surface area contributed by atoms with Crippen LogP contribution in [0.5, 0.6) is 0 Å². The molecule has 0 spiro atoms. The van der Waals surface area contributed by atoms with E-state index in [1.54, 1.807) is 0 Å². The van der Waals surface area contributed by atoms with Crippen LogP contribution in [-0.4, -0.2) is 31.3 Å². The van der Waals surface area contributed by atoms with Crippen molar-refractivity contribution in [3.63, 3.8) is 0 Å². The van der Waals surface area contributed by atoms with Crippen molar-refractivity contribution in [2.24, 2.45) is 11.8 Å². The number of hydrogen-bond acceptors (Lipinski definition) is 5. The molecule has 0 amide bonds. The predicted octanol–water partition coefficient (Wildman–Crippen LogP) is 2.70. The van der Waals surface area contributed by atoms with Crippen molar-refractivity contribution < 1.29 is 14.3 Å². The van der Waals surface area contributed by atoms with Crippen LogP contribution in [0.2, 0.25) is 0 Å². The second-order valence-electron chi connectivity index (χ2n) is 6.59. The molecule has 2 heterocycles. The number of carbonyl (C=O) groups is 1. The van der Waals surface area contributed by atoms with E-state index in [4.69, 9.17) is 14.9 Å². The van der Waals surface area contributed by atoms with Gasteiger partial charge in [0.1, 0.15) is 12.4 Å². The molecule has 3 rings (SSSR count). The Balaban J connectivity index is 1.78. The van der Waals surface area contributed by atoms with Gasteiger partial charge in [0.25, 0.3) is 0 Å². The molecule has 2 fully saturated rings. The van der Waals surface area contributed by atoms with Gasteiger partial charge in [0, 0.05) is 31.1 Å². The summed E-state index contributed by atoms with van der Waals surface area (Å²) in [6.45, 7) is 5.09. The summed E-state index contributed by atoms with van der Waals surface area (Å²) >= 11 is 0. The number of hydrogen-bond donors (Lipinski definition) is 2. The van der Waals surface area contributed by atoms with Gasteiger partial charge in [0.2, 0.25) is 0 Å². The fourth-order valence-corrected chi connectivity index (χ4v) is 2.65. The molecule has 0 bridgehead atoms. The molecule has 0 radical (unpaired) electrons. The molecule has 5 heteroatoms. The van der Waals surface area contributed by atoms with E-state index < -0.39 is 0 Å². The van der Waals surface area contributed by atoms with E-state index in [2.05, 4.69) is 5.32 Å². The van der Waals surface area contributed by atoms with Gasteiger partial charge < -0.3 is 20.2 Å². The smallest absolute Gasteiger partial charge is 0.169 e. The Kier molecular flexibility index (Phi) is 4.66. The molecule has 1 atom stereocenters. The van der Waals surface area contributed by atoms with Crippen LogP contribution >= 0.6 is 0 Å². The average Bonchev–Trinajstić information content (AvgIpc) is 3.31. The molecule has 5 nitrogen and oxygen atoms in total. The quantitative estimate of drug-likeness (QED) is 0.559. The van der Waals surface area contributed by atoms with Crippen LogP contribution in [0.3, 0.4) is 0 Å². The van der Waals surface area contributed by atoms with Crippen LogP contribution < -0.4 is 5.32 Å². The van der Waals surface area contributed by atoms with Gasteiger partial charge in [-0.3, -0.25) is 4.79 Å². The molecule has 2 aliphatic heterocycles. The first-order valence-corrected chi connectivity index (χ1v) is 8.32. The molecular formula is C18H24N2O3. The average molecular weight is 316 g/mol. The third-order valence-corrected chi connectivity index (χ3v) is 4.36. The van der Waals surface area contributed by atoms with Crippen molar-refractivity contribution in [3.8, 4) is 0 Å². The van der Waals surface area contributed by atoms with Gasteiger partial charge in [-0.25, -0.2) is 0 Å². The SMILES string of the molecule is CC(C)C(=O)/C(C=N)=C1\C=CC(OCC2CCO2)=C(C2CC2)N1. The molecule has 1 saturated carbocycles. The largest absolute Gasteiger partial charge is 0.489 e. The number of Topliss-reactive ketones (excluding diaryl/α,β-unsaturated/α-hetero) is 1. The highest BCUT2D eigenvalue weighted by Crippen LogP contribution is 2.39. The fourth-order valence-electron chi connectivity index (χ4n) is 2.65. The zero-order chi connectivity index (χ0) is 16.4. The Morgan fingerprint density at radius 3 is 2.70 bits per heavy atom. The lowest BCUT2D eigenvalue weighted by Gasteiger charge is -2.28. The van der Waals surface area contributed by atoms with E-state index >= 15 is 0 Å². The third kappa shape index (κ3) is 3.55. The van der Waals surface area contributed by atoms with Gasteiger partial charge in [-0.1, -0.05) is 13.8 Å². The van der Waals surface area contributed by atoms with E-state index in [9.17, 15) is 4.79 Å². The number of nitrogens with one attached hydrogen (secondary N) is 2. The summed E-state index contributed by atoms with van der Waals surface area (Å²) in [6, 6.07) is 0. The summed E-state index contributed by atoms with van der Waals surface area (Å²) in [7, 11) is 0. The van der Waals surface area contributed by atoms with Crippen molar-refractivity contribution in [2.75, 3.05) is 13.2 Å². The molecule has 0 aromatic carbocycles. The Morgan fingerprint density at radius 2 is 2.17 bits per heavy atom. The van der Waals surface area contributed by atoms with Crippen molar-refractivity contribution in [1.82, 2.24) is 5.32 Å². The van der Waals surface area contributed by atoms with Gasteiger partial charge in [0.15, 0.2) is 5.78 Å². The lowest BCUT2D eigenvalue weighted by Crippen LogP contribution is -2.32. The first kappa shape index (κ1) is 16.0. The molecule has 23 heavy (non-hydrogen) atoms. The van der Waals surface area contributed by atoms with E-state index in [-0.39, 0.29) is 17.8 Å². The molecule has 124 valence electrons. The van der Waals surface area contributed by atoms with E-state index in [0.717, 1.165) is 43.5 Å². The standard InChI is InChI=1S/C18H24N2O3/c1-11(2)18(21)14(9-19)15-5-6-16(17(20-15)12-3-4-12)23-10-13-7-8-22-13/h5-6,9,11-13,19-20H,3-4,7-8,10H2,1-2H3/b15-14+,19-9?. The molecule has 0 aromatic rings. The zero-order valence-corrected chi connectivity index (χ0v) is 13.7.